The Bertz CT molecular complexity index is 963. The van der Waals surface area contributed by atoms with Crippen LogP contribution in [-0.2, 0) is 10.0 Å². The molecule has 1 amide bonds. The molecule has 1 aromatic heterocycles. The summed E-state index contributed by atoms with van der Waals surface area (Å²) in [4.78, 5) is 12.7. The standard InChI is InChI=1S/C19H25N3O4S/c1-12(2)18-17(14(4)21-26-18)19(23)20-15-7-8-16(13(3)11-15)22-9-5-6-10-27(22,24)25/h7-8,11-12H,5-6,9-10H2,1-4H3,(H,20,23). The molecule has 2 heterocycles. The molecule has 0 bridgehead atoms. The van der Waals surface area contributed by atoms with Gasteiger partial charge in [-0.2, -0.15) is 0 Å². The Morgan fingerprint density at radius 3 is 2.63 bits per heavy atom. The van der Waals surface area contributed by atoms with Crippen LogP contribution in [0.5, 0.6) is 0 Å². The molecule has 0 spiro atoms. The number of benzene rings is 1. The van der Waals surface area contributed by atoms with Gasteiger partial charge < -0.3 is 9.84 Å². The van der Waals surface area contributed by atoms with Crippen molar-refractivity contribution in [1.82, 2.24) is 5.16 Å². The normalized spacial score (nSPS) is 16.6. The van der Waals surface area contributed by atoms with Gasteiger partial charge >= 0.3 is 0 Å². The van der Waals surface area contributed by atoms with E-state index in [1.807, 2.05) is 20.8 Å². The van der Waals surface area contributed by atoms with E-state index < -0.39 is 10.0 Å². The van der Waals surface area contributed by atoms with Gasteiger partial charge in [0.05, 0.1) is 17.1 Å². The fraction of sp³-hybridized carbons (Fsp3) is 0.474. The molecule has 0 saturated carbocycles. The maximum atomic E-state index is 12.7. The second kappa shape index (κ2) is 7.34. The Morgan fingerprint density at radius 2 is 2.00 bits per heavy atom. The van der Waals surface area contributed by atoms with Gasteiger partial charge in [-0.1, -0.05) is 19.0 Å². The number of nitrogens with zero attached hydrogens (tertiary/aromatic N) is 2. The van der Waals surface area contributed by atoms with Crippen molar-refractivity contribution >= 4 is 27.3 Å². The Balaban J connectivity index is 1.85. The highest BCUT2D eigenvalue weighted by Gasteiger charge is 2.27. The van der Waals surface area contributed by atoms with Crippen molar-refractivity contribution in [3.8, 4) is 0 Å². The van der Waals surface area contributed by atoms with Gasteiger partial charge in [0, 0.05) is 18.2 Å². The maximum Gasteiger partial charge on any atom is 0.261 e. The first-order chi connectivity index (χ1) is 12.7. The van der Waals surface area contributed by atoms with Crippen LogP contribution < -0.4 is 9.62 Å². The van der Waals surface area contributed by atoms with Crippen molar-refractivity contribution in [2.24, 2.45) is 0 Å². The Labute approximate surface area is 159 Å². The largest absolute Gasteiger partial charge is 0.360 e. The summed E-state index contributed by atoms with van der Waals surface area (Å²) in [5.41, 5.74) is 3.06. The van der Waals surface area contributed by atoms with Crippen LogP contribution in [0.15, 0.2) is 22.7 Å². The third kappa shape index (κ3) is 3.85. The number of anilines is 2. The zero-order chi connectivity index (χ0) is 19.8. The average molecular weight is 391 g/mol. The molecule has 0 radical (unpaired) electrons. The number of rotatable bonds is 4. The van der Waals surface area contributed by atoms with E-state index in [4.69, 9.17) is 4.52 Å². The number of hydrogen-bond donors (Lipinski definition) is 1. The molecular weight excluding hydrogens is 366 g/mol. The molecule has 0 unspecified atom stereocenters. The van der Waals surface area contributed by atoms with Crippen molar-refractivity contribution in [3.63, 3.8) is 0 Å². The predicted octanol–water partition coefficient (Wildman–Crippen LogP) is 3.60. The van der Waals surface area contributed by atoms with E-state index in [-0.39, 0.29) is 17.6 Å². The van der Waals surface area contributed by atoms with Crippen molar-refractivity contribution in [2.45, 2.75) is 46.5 Å². The van der Waals surface area contributed by atoms with Gasteiger partial charge in [0.25, 0.3) is 5.91 Å². The lowest BCUT2D eigenvalue weighted by atomic mass is 10.0. The summed E-state index contributed by atoms with van der Waals surface area (Å²) < 4.78 is 31.4. The number of aryl methyl sites for hydroxylation is 2. The van der Waals surface area contributed by atoms with Crippen LogP contribution in [0, 0.1) is 13.8 Å². The van der Waals surface area contributed by atoms with E-state index in [1.54, 1.807) is 25.1 Å². The fourth-order valence-corrected chi connectivity index (χ4v) is 5.02. The first-order valence-electron chi connectivity index (χ1n) is 9.09. The van der Waals surface area contributed by atoms with Gasteiger partial charge in [-0.15, -0.1) is 0 Å². The molecule has 1 aromatic carbocycles. The highest BCUT2D eigenvalue weighted by molar-refractivity contribution is 7.92. The topological polar surface area (TPSA) is 92.5 Å². The van der Waals surface area contributed by atoms with E-state index in [2.05, 4.69) is 10.5 Å². The molecule has 27 heavy (non-hydrogen) atoms. The zero-order valence-electron chi connectivity index (χ0n) is 16.1. The van der Waals surface area contributed by atoms with Crippen molar-refractivity contribution in [1.29, 1.82) is 0 Å². The van der Waals surface area contributed by atoms with E-state index in [1.165, 1.54) is 4.31 Å². The Morgan fingerprint density at radius 1 is 1.26 bits per heavy atom. The second-order valence-electron chi connectivity index (χ2n) is 7.21. The molecule has 1 saturated heterocycles. The molecule has 1 aliphatic heterocycles. The maximum absolute atomic E-state index is 12.7. The SMILES string of the molecule is Cc1cc(NC(=O)c2c(C)noc2C(C)C)ccc1N1CCCCS1(=O)=O. The number of nitrogens with one attached hydrogen (secondary N) is 1. The number of carbonyl (C=O) groups is 1. The number of carbonyl (C=O) groups excluding carboxylic acids is 1. The van der Waals surface area contributed by atoms with Crippen molar-refractivity contribution in [2.75, 3.05) is 21.9 Å². The first-order valence-corrected chi connectivity index (χ1v) is 10.7. The summed E-state index contributed by atoms with van der Waals surface area (Å²) in [6, 6.07) is 5.26. The van der Waals surface area contributed by atoms with Gasteiger partial charge in [0.15, 0.2) is 5.76 Å². The lowest BCUT2D eigenvalue weighted by molar-refractivity contribution is 0.102. The summed E-state index contributed by atoms with van der Waals surface area (Å²) in [7, 11) is -3.27. The minimum Gasteiger partial charge on any atom is -0.360 e. The molecule has 1 N–H and O–H groups in total. The first kappa shape index (κ1) is 19.4. The Hall–Kier alpha value is -2.35. The summed E-state index contributed by atoms with van der Waals surface area (Å²) in [5.74, 6) is 0.490. The highest BCUT2D eigenvalue weighted by atomic mass is 32.2. The smallest absolute Gasteiger partial charge is 0.261 e. The summed E-state index contributed by atoms with van der Waals surface area (Å²) in [6.07, 6.45) is 1.55. The van der Waals surface area contributed by atoms with Crippen molar-refractivity contribution in [3.05, 3.63) is 40.8 Å². The quantitative estimate of drug-likeness (QED) is 0.860. The molecule has 1 aliphatic rings. The van der Waals surface area contributed by atoms with Crippen LogP contribution in [0.2, 0.25) is 0 Å². The number of amides is 1. The van der Waals surface area contributed by atoms with Gasteiger partial charge in [-0.3, -0.25) is 9.10 Å². The van der Waals surface area contributed by atoms with Crippen LogP contribution >= 0.6 is 0 Å². The van der Waals surface area contributed by atoms with E-state index in [9.17, 15) is 13.2 Å². The summed E-state index contributed by atoms with van der Waals surface area (Å²) in [5, 5.41) is 6.77. The third-order valence-electron chi connectivity index (χ3n) is 4.71. The van der Waals surface area contributed by atoms with E-state index in [0.29, 0.717) is 41.4 Å². The second-order valence-corrected chi connectivity index (χ2v) is 9.23. The van der Waals surface area contributed by atoms with Crippen LogP contribution in [0.3, 0.4) is 0 Å². The average Bonchev–Trinajstić information content (AvgIpc) is 2.97. The molecule has 146 valence electrons. The van der Waals surface area contributed by atoms with Crippen LogP contribution in [-0.4, -0.2) is 31.8 Å². The lowest BCUT2D eigenvalue weighted by Crippen LogP contribution is -2.38. The third-order valence-corrected chi connectivity index (χ3v) is 6.57. The number of hydrogen-bond acceptors (Lipinski definition) is 5. The van der Waals surface area contributed by atoms with Crippen LogP contribution in [0.25, 0.3) is 0 Å². The van der Waals surface area contributed by atoms with E-state index in [0.717, 1.165) is 12.0 Å². The van der Waals surface area contributed by atoms with Crippen LogP contribution in [0.4, 0.5) is 11.4 Å². The molecule has 0 aliphatic carbocycles. The van der Waals surface area contributed by atoms with Crippen LogP contribution in [0.1, 0.15) is 60.0 Å². The highest BCUT2D eigenvalue weighted by Crippen LogP contribution is 2.29. The molecule has 0 atom stereocenters. The summed E-state index contributed by atoms with van der Waals surface area (Å²) in [6.45, 7) is 7.95. The summed E-state index contributed by atoms with van der Waals surface area (Å²) >= 11 is 0. The molecule has 3 rings (SSSR count). The number of aromatic nitrogens is 1. The monoisotopic (exact) mass is 391 g/mol. The molecule has 8 heteroatoms. The zero-order valence-corrected chi connectivity index (χ0v) is 16.9. The van der Waals surface area contributed by atoms with E-state index >= 15 is 0 Å². The van der Waals surface area contributed by atoms with Gasteiger partial charge in [0.2, 0.25) is 10.0 Å². The van der Waals surface area contributed by atoms with Gasteiger partial charge in [0.1, 0.15) is 5.56 Å². The fourth-order valence-electron chi connectivity index (χ4n) is 3.32. The minimum atomic E-state index is -3.27. The predicted molar refractivity (Wildman–Crippen MR) is 105 cm³/mol. The minimum absolute atomic E-state index is 0.0420. The van der Waals surface area contributed by atoms with Crippen molar-refractivity contribution < 1.29 is 17.7 Å². The molecular formula is C19H25N3O4S. The molecule has 7 nitrogen and oxygen atoms in total. The molecule has 1 fully saturated rings. The van der Waals surface area contributed by atoms with Gasteiger partial charge in [-0.25, -0.2) is 8.42 Å². The Kier molecular flexibility index (Phi) is 5.28. The number of sulfonamides is 1. The van der Waals surface area contributed by atoms with Gasteiger partial charge in [-0.05, 0) is 50.5 Å². The molecule has 2 aromatic rings. The lowest BCUT2D eigenvalue weighted by Gasteiger charge is -2.29.